The first-order valence-corrected chi connectivity index (χ1v) is 10.4. The van der Waals surface area contributed by atoms with Crippen LogP contribution in [-0.2, 0) is 0 Å². The molecule has 0 unspecified atom stereocenters. The zero-order valence-electron chi connectivity index (χ0n) is 17.1. The molecule has 0 aliphatic rings. The van der Waals surface area contributed by atoms with E-state index in [9.17, 15) is 14.9 Å². The molecule has 0 aliphatic carbocycles. The minimum Gasteiger partial charge on any atom is -0.306 e. The molecule has 0 saturated carbocycles. The molecule has 1 N–H and O–H groups in total. The van der Waals surface area contributed by atoms with Gasteiger partial charge in [-0.15, -0.1) is 11.3 Å². The monoisotopic (exact) mass is 433 g/mol. The molecule has 8 nitrogen and oxygen atoms in total. The Labute approximate surface area is 182 Å². The smallest absolute Gasteiger partial charge is 0.273 e. The summed E-state index contributed by atoms with van der Waals surface area (Å²) in [6, 6.07) is 14.2. The quantitative estimate of drug-likeness (QED) is 0.349. The Kier molecular flexibility index (Phi) is 5.35. The lowest BCUT2D eigenvalue weighted by atomic mass is 10.1. The van der Waals surface area contributed by atoms with Crippen molar-refractivity contribution in [1.82, 2.24) is 14.8 Å². The molecule has 0 bridgehead atoms. The Morgan fingerprint density at radius 2 is 1.87 bits per heavy atom. The molecule has 4 aromatic rings. The zero-order chi connectivity index (χ0) is 22.1. The van der Waals surface area contributed by atoms with Crippen molar-refractivity contribution in [2.24, 2.45) is 0 Å². The second kappa shape index (κ2) is 8.11. The Bertz CT molecular complexity index is 1290. The van der Waals surface area contributed by atoms with Crippen molar-refractivity contribution in [1.29, 1.82) is 0 Å². The van der Waals surface area contributed by atoms with Gasteiger partial charge in [-0.25, -0.2) is 4.98 Å². The summed E-state index contributed by atoms with van der Waals surface area (Å²) in [6.45, 7) is 5.41. The highest BCUT2D eigenvalue weighted by Gasteiger charge is 2.20. The Hall–Kier alpha value is -3.85. The standard InChI is InChI=1S/C22H19N5O3S/c1-13-7-9-16(10-8-13)18-12-31-22(23-18)26-20(11-14(2)25-26)24-21(28)17-5-4-6-19(15(17)3)27(29)30/h4-12H,1-3H3,(H,24,28). The van der Waals surface area contributed by atoms with E-state index in [1.54, 1.807) is 23.7 Å². The molecule has 4 rings (SSSR count). The van der Waals surface area contributed by atoms with Crippen LogP contribution >= 0.6 is 11.3 Å². The van der Waals surface area contributed by atoms with Gasteiger partial charge in [-0.05, 0) is 26.8 Å². The fourth-order valence-corrected chi connectivity index (χ4v) is 4.00. The number of nitrogens with one attached hydrogen (secondary N) is 1. The van der Waals surface area contributed by atoms with Gasteiger partial charge in [0.15, 0.2) is 0 Å². The normalized spacial score (nSPS) is 10.8. The summed E-state index contributed by atoms with van der Waals surface area (Å²) in [5.41, 5.74) is 4.14. The van der Waals surface area contributed by atoms with Gasteiger partial charge in [0.2, 0.25) is 5.13 Å². The number of nitro benzene ring substituents is 1. The first-order valence-electron chi connectivity index (χ1n) is 9.48. The number of anilines is 1. The number of aryl methyl sites for hydroxylation is 2. The van der Waals surface area contributed by atoms with Crippen LogP contribution in [0.2, 0.25) is 0 Å². The number of benzene rings is 2. The van der Waals surface area contributed by atoms with Gasteiger partial charge in [0.25, 0.3) is 11.6 Å². The number of hydrogen-bond acceptors (Lipinski definition) is 6. The summed E-state index contributed by atoms with van der Waals surface area (Å²) in [6.07, 6.45) is 0. The number of aromatic nitrogens is 3. The fraction of sp³-hybridized carbons (Fsp3) is 0.136. The van der Waals surface area contributed by atoms with Crippen LogP contribution in [0.5, 0.6) is 0 Å². The minimum atomic E-state index is -0.497. The van der Waals surface area contributed by atoms with Crippen molar-refractivity contribution in [3.63, 3.8) is 0 Å². The van der Waals surface area contributed by atoms with E-state index >= 15 is 0 Å². The summed E-state index contributed by atoms with van der Waals surface area (Å²) in [5.74, 6) is -0.00382. The lowest BCUT2D eigenvalue weighted by Crippen LogP contribution is -2.16. The molecule has 0 atom stereocenters. The number of amides is 1. The lowest BCUT2D eigenvalue weighted by Gasteiger charge is -2.09. The van der Waals surface area contributed by atoms with Crippen LogP contribution < -0.4 is 5.32 Å². The van der Waals surface area contributed by atoms with Crippen LogP contribution in [0.1, 0.15) is 27.2 Å². The van der Waals surface area contributed by atoms with Gasteiger partial charge in [-0.2, -0.15) is 9.78 Å². The van der Waals surface area contributed by atoms with Gasteiger partial charge >= 0.3 is 0 Å². The summed E-state index contributed by atoms with van der Waals surface area (Å²) >= 11 is 1.41. The van der Waals surface area contributed by atoms with Crippen molar-refractivity contribution in [2.45, 2.75) is 20.8 Å². The van der Waals surface area contributed by atoms with E-state index in [-0.39, 0.29) is 11.3 Å². The average molecular weight is 433 g/mol. The minimum absolute atomic E-state index is 0.0972. The topological polar surface area (TPSA) is 103 Å². The van der Waals surface area contributed by atoms with Gasteiger partial charge in [-0.1, -0.05) is 35.9 Å². The number of thiazole rings is 1. The third kappa shape index (κ3) is 4.08. The van der Waals surface area contributed by atoms with E-state index in [1.165, 1.54) is 29.0 Å². The lowest BCUT2D eigenvalue weighted by molar-refractivity contribution is -0.385. The van der Waals surface area contributed by atoms with E-state index in [4.69, 9.17) is 0 Å². The summed E-state index contributed by atoms with van der Waals surface area (Å²) < 4.78 is 1.57. The van der Waals surface area contributed by atoms with E-state index in [0.29, 0.717) is 22.2 Å². The molecule has 156 valence electrons. The van der Waals surface area contributed by atoms with Crippen molar-refractivity contribution < 1.29 is 9.72 Å². The van der Waals surface area contributed by atoms with Crippen LogP contribution in [0.25, 0.3) is 16.4 Å². The highest BCUT2D eigenvalue weighted by molar-refractivity contribution is 7.12. The van der Waals surface area contributed by atoms with Gasteiger partial charge in [0, 0.05) is 34.2 Å². The van der Waals surface area contributed by atoms with Crippen LogP contribution in [0.3, 0.4) is 0 Å². The number of carbonyl (C=O) groups is 1. The number of hydrogen-bond donors (Lipinski definition) is 1. The van der Waals surface area contributed by atoms with E-state index in [1.807, 2.05) is 43.5 Å². The molecular weight excluding hydrogens is 414 g/mol. The second-order valence-corrected chi connectivity index (χ2v) is 7.96. The number of nitro groups is 1. The molecule has 0 aliphatic heterocycles. The molecule has 2 aromatic carbocycles. The van der Waals surface area contributed by atoms with Crippen molar-refractivity contribution in [3.8, 4) is 16.4 Å². The highest BCUT2D eigenvalue weighted by Crippen LogP contribution is 2.27. The average Bonchev–Trinajstić information content (AvgIpc) is 3.35. The maximum Gasteiger partial charge on any atom is 0.273 e. The molecular formula is C22H19N5O3S. The van der Waals surface area contributed by atoms with E-state index < -0.39 is 10.8 Å². The second-order valence-electron chi connectivity index (χ2n) is 7.13. The van der Waals surface area contributed by atoms with Crippen molar-refractivity contribution >= 4 is 28.7 Å². The van der Waals surface area contributed by atoms with E-state index in [2.05, 4.69) is 15.4 Å². The molecule has 0 saturated heterocycles. The fourth-order valence-electron chi connectivity index (χ4n) is 3.20. The highest BCUT2D eigenvalue weighted by atomic mass is 32.1. The molecule has 0 spiro atoms. The van der Waals surface area contributed by atoms with Gasteiger partial charge < -0.3 is 5.32 Å². The van der Waals surface area contributed by atoms with Gasteiger partial charge in [0.1, 0.15) is 5.82 Å². The molecule has 2 aromatic heterocycles. The SMILES string of the molecule is Cc1ccc(-c2csc(-n3nc(C)cc3NC(=O)c3cccc([N+](=O)[O-])c3C)n2)cc1. The zero-order valence-corrected chi connectivity index (χ0v) is 17.9. The molecule has 2 heterocycles. The van der Waals surface area contributed by atoms with Gasteiger partial charge in [-0.3, -0.25) is 14.9 Å². The largest absolute Gasteiger partial charge is 0.306 e. The third-order valence-corrected chi connectivity index (χ3v) is 5.66. The predicted octanol–water partition coefficient (Wildman–Crippen LogP) is 5.08. The predicted molar refractivity (Wildman–Crippen MR) is 120 cm³/mol. The summed E-state index contributed by atoms with van der Waals surface area (Å²) in [7, 11) is 0. The van der Waals surface area contributed by atoms with Crippen LogP contribution in [0.4, 0.5) is 11.5 Å². The Morgan fingerprint density at radius 3 is 2.58 bits per heavy atom. The number of nitrogens with zero attached hydrogens (tertiary/aromatic N) is 4. The Morgan fingerprint density at radius 1 is 1.13 bits per heavy atom. The maximum atomic E-state index is 12.9. The van der Waals surface area contributed by atoms with Crippen molar-refractivity contribution in [3.05, 3.63) is 86.4 Å². The van der Waals surface area contributed by atoms with Crippen LogP contribution in [0.15, 0.2) is 53.9 Å². The van der Waals surface area contributed by atoms with Crippen LogP contribution in [0, 0.1) is 30.9 Å². The maximum absolute atomic E-state index is 12.9. The third-order valence-electron chi connectivity index (χ3n) is 4.84. The van der Waals surface area contributed by atoms with Gasteiger partial charge in [0.05, 0.1) is 16.3 Å². The molecule has 0 fully saturated rings. The Balaban J connectivity index is 1.64. The molecule has 0 radical (unpaired) electrons. The first-order chi connectivity index (χ1) is 14.8. The van der Waals surface area contributed by atoms with Crippen molar-refractivity contribution in [2.75, 3.05) is 5.32 Å². The van der Waals surface area contributed by atoms with Crippen LogP contribution in [-0.4, -0.2) is 25.6 Å². The number of rotatable bonds is 5. The molecule has 1 amide bonds. The summed E-state index contributed by atoms with van der Waals surface area (Å²) in [5, 5.41) is 21.0. The summed E-state index contributed by atoms with van der Waals surface area (Å²) in [4.78, 5) is 28.2. The molecule has 9 heteroatoms. The molecule has 31 heavy (non-hydrogen) atoms. The number of carbonyl (C=O) groups excluding carboxylic acids is 1. The van der Waals surface area contributed by atoms with E-state index in [0.717, 1.165) is 11.3 Å². The first kappa shape index (κ1) is 20.4.